The van der Waals surface area contributed by atoms with Gasteiger partial charge in [-0.25, -0.2) is 8.78 Å². The van der Waals surface area contributed by atoms with Crippen LogP contribution in [0.25, 0.3) is 11.1 Å². The fourth-order valence-electron chi connectivity index (χ4n) is 2.15. The standard InChI is InChI=1S/C15H15BF2O2/c1-2-3-10-4-6-11(7-5-10)13-8-12(17)9-14(15(13)18)16(19)20/h4-9,19-20H,2-3H2,1H3. The van der Waals surface area contributed by atoms with Gasteiger partial charge in [-0.1, -0.05) is 37.6 Å². The first-order chi connectivity index (χ1) is 9.52. The van der Waals surface area contributed by atoms with Crippen molar-refractivity contribution >= 4 is 12.6 Å². The molecule has 0 fully saturated rings. The predicted molar refractivity (Wildman–Crippen MR) is 75.6 cm³/mol. The Balaban J connectivity index is 2.46. The molecular formula is C15H15BF2O2. The van der Waals surface area contributed by atoms with Crippen LogP contribution in [0.5, 0.6) is 0 Å². The van der Waals surface area contributed by atoms with Gasteiger partial charge in [-0.3, -0.25) is 0 Å². The van der Waals surface area contributed by atoms with E-state index in [1.807, 2.05) is 12.1 Å². The molecule has 2 nitrogen and oxygen atoms in total. The van der Waals surface area contributed by atoms with E-state index in [-0.39, 0.29) is 5.56 Å². The summed E-state index contributed by atoms with van der Waals surface area (Å²) in [6.07, 6.45) is 1.93. The Hall–Kier alpha value is -1.72. The maximum absolute atomic E-state index is 14.2. The van der Waals surface area contributed by atoms with Crippen molar-refractivity contribution < 1.29 is 18.8 Å². The molecule has 104 valence electrons. The Morgan fingerprint density at radius 3 is 2.25 bits per heavy atom. The summed E-state index contributed by atoms with van der Waals surface area (Å²) in [7, 11) is -2.04. The predicted octanol–water partition coefficient (Wildman–Crippen LogP) is 2.26. The van der Waals surface area contributed by atoms with Crippen molar-refractivity contribution in [2.75, 3.05) is 0 Å². The summed E-state index contributed by atoms with van der Waals surface area (Å²) < 4.78 is 27.6. The van der Waals surface area contributed by atoms with Gasteiger partial charge in [0.15, 0.2) is 0 Å². The van der Waals surface area contributed by atoms with Crippen molar-refractivity contribution in [1.29, 1.82) is 0 Å². The highest BCUT2D eigenvalue weighted by Gasteiger charge is 2.21. The second-order valence-corrected chi connectivity index (χ2v) is 4.68. The topological polar surface area (TPSA) is 40.5 Å². The molecule has 0 bridgehead atoms. The number of benzene rings is 2. The number of hydrogen-bond donors (Lipinski definition) is 2. The summed E-state index contributed by atoms with van der Waals surface area (Å²) in [5, 5.41) is 18.1. The minimum Gasteiger partial charge on any atom is -0.423 e. The lowest BCUT2D eigenvalue weighted by Crippen LogP contribution is -2.33. The number of aryl methyl sites for hydroxylation is 1. The molecular weight excluding hydrogens is 261 g/mol. The third kappa shape index (κ3) is 3.06. The first-order valence-electron chi connectivity index (χ1n) is 6.47. The van der Waals surface area contributed by atoms with Crippen molar-refractivity contribution in [3.63, 3.8) is 0 Å². The molecule has 0 amide bonds. The first kappa shape index (κ1) is 14.7. The molecule has 0 unspecified atom stereocenters. The third-order valence-corrected chi connectivity index (χ3v) is 3.15. The largest absolute Gasteiger partial charge is 0.491 e. The van der Waals surface area contributed by atoms with Crippen LogP contribution in [0.2, 0.25) is 0 Å². The fourth-order valence-corrected chi connectivity index (χ4v) is 2.15. The van der Waals surface area contributed by atoms with Crippen LogP contribution in [0.1, 0.15) is 18.9 Å². The molecule has 20 heavy (non-hydrogen) atoms. The minimum atomic E-state index is -2.04. The molecule has 0 aromatic heterocycles. The van der Waals surface area contributed by atoms with Crippen LogP contribution in [0.3, 0.4) is 0 Å². The number of rotatable bonds is 4. The smallest absolute Gasteiger partial charge is 0.423 e. The van der Waals surface area contributed by atoms with E-state index in [0.29, 0.717) is 5.56 Å². The summed E-state index contributed by atoms with van der Waals surface area (Å²) >= 11 is 0. The van der Waals surface area contributed by atoms with Crippen LogP contribution < -0.4 is 5.46 Å². The van der Waals surface area contributed by atoms with E-state index in [2.05, 4.69) is 6.92 Å². The monoisotopic (exact) mass is 276 g/mol. The molecule has 2 aromatic carbocycles. The molecule has 0 radical (unpaired) electrons. The first-order valence-corrected chi connectivity index (χ1v) is 6.47. The SMILES string of the molecule is CCCc1ccc(-c2cc(F)cc(B(O)O)c2F)cc1. The van der Waals surface area contributed by atoms with Crippen LogP contribution >= 0.6 is 0 Å². The molecule has 0 aliphatic rings. The summed E-state index contributed by atoms with van der Waals surface area (Å²) in [6.45, 7) is 2.06. The average molecular weight is 276 g/mol. The Bertz CT molecular complexity index is 598. The Kier molecular flexibility index (Phi) is 4.52. The van der Waals surface area contributed by atoms with Crippen LogP contribution in [0.4, 0.5) is 8.78 Å². The van der Waals surface area contributed by atoms with Gasteiger partial charge in [0.25, 0.3) is 0 Å². The van der Waals surface area contributed by atoms with Gasteiger partial charge in [0, 0.05) is 11.0 Å². The van der Waals surface area contributed by atoms with Crippen LogP contribution in [-0.4, -0.2) is 17.2 Å². The lowest BCUT2D eigenvalue weighted by atomic mass is 9.78. The van der Waals surface area contributed by atoms with Gasteiger partial charge in [0.2, 0.25) is 0 Å². The van der Waals surface area contributed by atoms with Crippen LogP contribution in [0, 0.1) is 11.6 Å². The van der Waals surface area contributed by atoms with Gasteiger partial charge in [0.1, 0.15) is 11.6 Å². The third-order valence-electron chi connectivity index (χ3n) is 3.15. The van der Waals surface area contributed by atoms with Crippen molar-refractivity contribution in [1.82, 2.24) is 0 Å². The van der Waals surface area contributed by atoms with E-state index < -0.39 is 24.2 Å². The summed E-state index contributed by atoms with van der Waals surface area (Å²) in [4.78, 5) is 0. The molecule has 2 N–H and O–H groups in total. The van der Waals surface area contributed by atoms with Gasteiger partial charge in [-0.2, -0.15) is 0 Å². The molecule has 0 spiro atoms. The molecule has 0 aliphatic carbocycles. The fraction of sp³-hybridized carbons (Fsp3) is 0.200. The van der Waals surface area contributed by atoms with Crippen molar-refractivity contribution in [2.24, 2.45) is 0 Å². The lowest BCUT2D eigenvalue weighted by Gasteiger charge is -2.09. The molecule has 0 atom stereocenters. The van der Waals surface area contributed by atoms with E-state index in [0.717, 1.165) is 30.5 Å². The highest BCUT2D eigenvalue weighted by Crippen LogP contribution is 2.23. The van der Waals surface area contributed by atoms with Gasteiger partial charge < -0.3 is 10.0 Å². The zero-order valence-electron chi connectivity index (χ0n) is 11.1. The summed E-state index contributed by atoms with van der Waals surface area (Å²) in [6, 6.07) is 8.97. The van der Waals surface area contributed by atoms with Gasteiger partial charge in [-0.15, -0.1) is 0 Å². The van der Waals surface area contributed by atoms with E-state index >= 15 is 0 Å². The van der Waals surface area contributed by atoms with Crippen LogP contribution in [-0.2, 0) is 6.42 Å². The van der Waals surface area contributed by atoms with Gasteiger partial charge in [-0.05, 0) is 29.7 Å². The number of halogens is 2. The Morgan fingerprint density at radius 1 is 1.05 bits per heavy atom. The molecule has 2 rings (SSSR count). The van der Waals surface area contributed by atoms with E-state index in [4.69, 9.17) is 10.0 Å². The molecule has 5 heteroatoms. The molecule has 0 aliphatic heterocycles. The second-order valence-electron chi connectivity index (χ2n) is 4.68. The maximum Gasteiger partial charge on any atom is 0.491 e. The highest BCUT2D eigenvalue weighted by atomic mass is 19.1. The maximum atomic E-state index is 14.2. The number of hydrogen-bond acceptors (Lipinski definition) is 2. The van der Waals surface area contributed by atoms with Crippen LogP contribution in [0.15, 0.2) is 36.4 Å². The van der Waals surface area contributed by atoms with E-state index in [1.165, 1.54) is 0 Å². The Labute approximate surface area is 116 Å². The quantitative estimate of drug-likeness (QED) is 0.841. The molecule has 0 saturated carbocycles. The van der Waals surface area contributed by atoms with Gasteiger partial charge in [0.05, 0.1) is 0 Å². The molecule has 0 saturated heterocycles. The van der Waals surface area contributed by atoms with Crippen molar-refractivity contribution in [3.05, 3.63) is 53.6 Å². The molecule has 0 heterocycles. The molecule has 2 aromatic rings. The summed E-state index contributed by atoms with van der Waals surface area (Å²) in [5.41, 5.74) is 1.19. The lowest BCUT2D eigenvalue weighted by molar-refractivity contribution is 0.422. The average Bonchev–Trinajstić information content (AvgIpc) is 2.42. The minimum absolute atomic E-state index is 0.0242. The zero-order valence-corrected chi connectivity index (χ0v) is 11.1. The van der Waals surface area contributed by atoms with Gasteiger partial charge >= 0.3 is 7.12 Å². The van der Waals surface area contributed by atoms with E-state index in [1.54, 1.807) is 12.1 Å². The second kappa shape index (κ2) is 6.16. The highest BCUT2D eigenvalue weighted by molar-refractivity contribution is 6.58. The van der Waals surface area contributed by atoms with E-state index in [9.17, 15) is 8.78 Å². The van der Waals surface area contributed by atoms with Crippen molar-refractivity contribution in [2.45, 2.75) is 19.8 Å². The zero-order chi connectivity index (χ0) is 14.7. The normalized spacial score (nSPS) is 10.7. The summed E-state index contributed by atoms with van der Waals surface area (Å²) in [5.74, 6) is -1.52. The van der Waals surface area contributed by atoms with Crippen molar-refractivity contribution in [3.8, 4) is 11.1 Å². The Morgan fingerprint density at radius 2 is 1.70 bits per heavy atom.